The van der Waals surface area contributed by atoms with Gasteiger partial charge in [-0.25, -0.2) is 0 Å². The zero-order valence-corrected chi connectivity index (χ0v) is 15.8. The van der Waals surface area contributed by atoms with Gasteiger partial charge < -0.3 is 5.32 Å². The quantitative estimate of drug-likeness (QED) is 0.830. The number of rotatable bonds is 6. The van der Waals surface area contributed by atoms with Gasteiger partial charge in [0, 0.05) is 6.20 Å². The van der Waals surface area contributed by atoms with E-state index in [1.807, 2.05) is 26.0 Å². The molecule has 5 heteroatoms. The van der Waals surface area contributed by atoms with Crippen molar-refractivity contribution in [1.82, 2.24) is 15.6 Å². The number of nitrogens with one attached hydrogen (secondary N) is 2. The van der Waals surface area contributed by atoms with Crippen molar-refractivity contribution in [3.8, 4) is 6.07 Å². The topological polar surface area (TPSA) is 77.8 Å². The van der Waals surface area contributed by atoms with Crippen LogP contribution in [0.1, 0.15) is 70.2 Å². The average molecular weight is 342 g/mol. The second-order valence-electron chi connectivity index (χ2n) is 7.56. The van der Waals surface area contributed by atoms with Crippen molar-refractivity contribution in [2.24, 2.45) is 5.92 Å². The van der Waals surface area contributed by atoms with E-state index in [-0.39, 0.29) is 18.0 Å². The van der Waals surface area contributed by atoms with Gasteiger partial charge >= 0.3 is 0 Å². The molecule has 2 rings (SSSR count). The number of nitriles is 1. The van der Waals surface area contributed by atoms with Crippen LogP contribution in [0.25, 0.3) is 0 Å². The summed E-state index contributed by atoms with van der Waals surface area (Å²) in [6.45, 7) is 8.14. The molecule has 136 valence electrons. The van der Waals surface area contributed by atoms with Crippen LogP contribution in [0, 0.1) is 24.2 Å². The van der Waals surface area contributed by atoms with Crippen molar-refractivity contribution in [1.29, 1.82) is 5.26 Å². The number of nitrogens with zero attached hydrogens (tertiary/aromatic N) is 2. The van der Waals surface area contributed by atoms with Crippen LogP contribution in [0.15, 0.2) is 18.3 Å². The predicted molar refractivity (Wildman–Crippen MR) is 98.7 cm³/mol. The second kappa shape index (κ2) is 8.44. The summed E-state index contributed by atoms with van der Waals surface area (Å²) < 4.78 is 0. The highest BCUT2D eigenvalue weighted by Crippen LogP contribution is 2.28. The highest BCUT2D eigenvalue weighted by molar-refractivity contribution is 5.82. The summed E-state index contributed by atoms with van der Waals surface area (Å²) in [7, 11) is 0. The first-order valence-electron chi connectivity index (χ1n) is 9.29. The van der Waals surface area contributed by atoms with Gasteiger partial charge in [0.25, 0.3) is 0 Å². The first-order valence-corrected chi connectivity index (χ1v) is 9.29. The lowest BCUT2D eigenvalue weighted by Crippen LogP contribution is -2.54. The Kier molecular flexibility index (Phi) is 6.55. The molecule has 0 spiro atoms. The van der Waals surface area contributed by atoms with Crippen LogP contribution in [0.3, 0.4) is 0 Å². The summed E-state index contributed by atoms with van der Waals surface area (Å²) in [6.07, 6.45) is 6.41. The van der Waals surface area contributed by atoms with Gasteiger partial charge in [0.1, 0.15) is 5.54 Å². The van der Waals surface area contributed by atoms with Crippen molar-refractivity contribution in [2.75, 3.05) is 0 Å². The molecule has 1 aliphatic rings. The lowest BCUT2D eigenvalue weighted by molar-refractivity contribution is -0.124. The number of carbonyl (C=O) groups excluding carboxylic acids is 1. The largest absolute Gasteiger partial charge is 0.336 e. The first-order chi connectivity index (χ1) is 11.9. The van der Waals surface area contributed by atoms with Crippen molar-refractivity contribution in [3.05, 3.63) is 29.6 Å². The summed E-state index contributed by atoms with van der Waals surface area (Å²) in [5.74, 6) is 0.186. The average Bonchev–Trinajstić information content (AvgIpc) is 2.60. The summed E-state index contributed by atoms with van der Waals surface area (Å²) in [5.41, 5.74) is 1.39. The van der Waals surface area contributed by atoms with Crippen molar-refractivity contribution in [2.45, 2.75) is 77.4 Å². The Labute approximate surface area is 151 Å². The Morgan fingerprint density at radius 2 is 1.96 bits per heavy atom. The summed E-state index contributed by atoms with van der Waals surface area (Å²) >= 11 is 0. The fourth-order valence-corrected chi connectivity index (χ4v) is 3.52. The van der Waals surface area contributed by atoms with Crippen LogP contribution < -0.4 is 10.6 Å². The molecule has 1 aromatic rings. The molecule has 0 bridgehead atoms. The van der Waals surface area contributed by atoms with E-state index in [0.717, 1.165) is 43.4 Å². The van der Waals surface area contributed by atoms with E-state index in [4.69, 9.17) is 0 Å². The van der Waals surface area contributed by atoms with Gasteiger partial charge in [-0.1, -0.05) is 39.2 Å². The minimum absolute atomic E-state index is 0.00802. The zero-order chi connectivity index (χ0) is 18.4. The van der Waals surface area contributed by atoms with Gasteiger partial charge in [0.2, 0.25) is 5.91 Å². The van der Waals surface area contributed by atoms with Gasteiger partial charge in [-0.05, 0) is 44.2 Å². The number of pyridine rings is 1. The monoisotopic (exact) mass is 342 g/mol. The van der Waals surface area contributed by atoms with Gasteiger partial charge in [-0.3, -0.25) is 15.1 Å². The molecular formula is C20H30N4O. The van der Waals surface area contributed by atoms with E-state index >= 15 is 0 Å². The van der Waals surface area contributed by atoms with Gasteiger partial charge in [0.05, 0.1) is 23.8 Å². The SMILES string of the molecule is Cc1cccnc1[C@@H](N[C@@H](C)C(=O)NC1(C#N)CCCCC1)C(C)C. The van der Waals surface area contributed by atoms with Crippen LogP contribution in [0.2, 0.25) is 0 Å². The summed E-state index contributed by atoms with van der Waals surface area (Å²) in [4.78, 5) is 17.2. The van der Waals surface area contributed by atoms with E-state index in [0.29, 0.717) is 5.92 Å². The molecule has 2 N–H and O–H groups in total. The fraction of sp³-hybridized carbons (Fsp3) is 0.650. The highest BCUT2D eigenvalue weighted by Gasteiger charge is 2.35. The van der Waals surface area contributed by atoms with Gasteiger partial charge in [-0.15, -0.1) is 0 Å². The molecular weight excluding hydrogens is 312 g/mol. The third-order valence-corrected chi connectivity index (χ3v) is 5.12. The maximum absolute atomic E-state index is 12.7. The maximum Gasteiger partial charge on any atom is 0.238 e. The molecule has 5 nitrogen and oxygen atoms in total. The van der Waals surface area contributed by atoms with Crippen molar-refractivity contribution < 1.29 is 4.79 Å². The maximum atomic E-state index is 12.7. The molecule has 2 atom stereocenters. The molecule has 0 saturated heterocycles. The molecule has 1 amide bonds. The number of amides is 1. The molecule has 0 unspecified atom stereocenters. The molecule has 0 aromatic carbocycles. The van der Waals surface area contributed by atoms with Crippen LogP contribution in [0.4, 0.5) is 0 Å². The number of aryl methyl sites for hydroxylation is 1. The molecule has 0 radical (unpaired) electrons. The lowest BCUT2D eigenvalue weighted by Gasteiger charge is -2.33. The summed E-state index contributed by atoms with van der Waals surface area (Å²) in [6, 6.07) is 5.91. The van der Waals surface area contributed by atoms with E-state index in [9.17, 15) is 10.1 Å². The van der Waals surface area contributed by atoms with E-state index < -0.39 is 5.54 Å². The molecule has 1 aliphatic carbocycles. The minimum Gasteiger partial charge on any atom is -0.336 e. The Morgan fingerprint density at radius 3 is 2.52 bits per heavy atom. The number of aromatic nitrogens is 1. The van der Waals surface area contributed by atoms with E-state index in [1.165, 1.54) is 0 Å². The number of carbonyl (C=O) groups is 1. The van der Waals surface area contributed by atoms with E-state index in [2.05, 4.69) is 35.5 Å². The van der Waals surface area contributed by atoms with Crippen LogP contribution in [-0.2, 0) is 4.79 Å². The lowest BCUT2D eigenvalue weighted by atomic mass is 9.82. The normalized spacial score (nSPS) is 19.0. The Bertz CT molecular complexity index is 629. The van der Waals surface area contributed by atoms with Gasteiger partial charge in [0.15, 0.2) is 0 Å². The molecule has 0 aliphatic heterocycles. The molecule has 1 saturated carbocycles. The van der Waals surface area contributed by atoms with Crippen molar-refractivity contribution in [3.63, 3.8) is 0 Å². The highest BCUT2D eigenvalue weighted by atomic mass is 16.2. The van der Waals surface area contributed by atoms with Crippen molar-refractivity contribution >= 4 is 5.91 Å². The molecule has 1 aromatic heterocycles. The van der Waals surface area contributed by atoms with E-state index in [1.54, 1.807) is 6.20 Å². The third-order valence-electron chi connectivity index (χ3n) is 5.12. The number of hydrogen-bond acceptors (Lipinski definition) is 4. The second-order valence-corrected chi connectivity index (χ2v) is 7.56. The Hall–Kier alpha value is -1.93. The first kappa shape index (κ1) is 19.4. The minimum atomic E-state index is -0.695. The third kappa shape index (κ3) is 4.79. The Morgan fingerprint density at radius 1 is 1.28 bits per heavy atom. The fourth-order valence-electron chi connectivity index (χ4n) is 3.52. The predicted octanol–water partition coefficient (Wildman–Crippen LogP) is 3.41. The molecule has 25 heavy (non-hydrogen) atoms. The van der Waals surface area contributed by atoms with Crippen LogP contribution in [-0.4, -0.2) is 22.5 Å². The molecule has 1 fully saturated rings. The zero-order valence-electron chi connectivity index (χ0n) is 15.8. The molecule has 1 heterocycles. The Balaban J connectivity index is 2.08. The van der Waals surface area contributed by atoms with Crippen LogP contribution >= 0.6 is 0 Å². The summed E-state index contributed by atoms with van der Waals surface area (Å²) in [5, 5.41) is 16.0. The standard InChI is InChI=1S/C20H30N4O/c1-14(2)17(18-15(3)9-8-12-22-18)23-16(4)19(25)24-20(13-21)10-6-5-7-11-20/h8-9,12,14,16-17,23H,5-7,10-11H2,1-4H3,(H,24,25)/t16-,17-/m0/s1. The number of hydrogen-bond donors (Lipinski definition) is 2. The van der Waals surface area contributed by atoms with Crippen LogP contribution in [0.5, 0.6) is 0 Å². The smallest absolute Gasteiger partial charge is 0.238 e. The van der Waals surface area contributed by atoms with Gasteiger partial charge in [-0.2, -0.15) is 5.26 Å².